The minimum atomic E-state index is 0.199. The molecule has 2 N–H and O–H groups in total. The quantitative estimate of drug-likeness (QED) is 0.824. The van der Waals surface area contributed by atoms with E-state index < -0.39 is 0 Å². The van der Waals surface area contributed by atoms with Gasteiger partial charge in [0.2, 0.25) is 0 Å². The van der Waals surface area contributed by atoms with Gasteiger partial charge >= 0.3 is 0 Å². The summed E-state index contributed by atoms with van der Waals surface area (Å²) in [5, 5.41) is 0. The Labute approximate surface area is 99.0 Å². The molecule has 0 amide bonds. The van der Waals surface area contributed by atoms with Gasteiger partial charge in [0.25, 0.3) is 0 Å². The highest BCUT2D eigenvalue weighted by atomic mass is 14.6. The van der Waals surface area contributed by atoms with E-state index in [1.165, 1.54) is 31.2 Å². The zero-order valence-electron chi connectivity index (χ0n) is 10.5. The summed E-state index contributed by atoms with van der Waals surface area (Å²) >= 11 is 0. The summed E-state index contributed by atoms with van der Waals surface area (Å²) in [6.45, 7) is 5.42. The topological polar surface area (TPSA) is 26.0 Å². The van der Waals surface area contributed by atoms with Crippen LogP contribution in [0.3, 0.4) is 0 Å². The molecule has 2 rings (SSSR count). The summed E-state index contributed by atoms with van der Waals surface area (Å²) in [6.07, 6.45) is 5.28. The highest BCUT2D eigenvalue weighted by Crippen LogP contribution is 2.52. The van der Waals surface area contributed by atoms with Gasteiger partial charge in [-0.05, 0) is 30.4 Å². The van der Waals surface area contributed by atoms with E-state index >= 15 is 0 Å². The van der Waals surface area contributed by atoms with Gasteiger partial charge < -0.3 is 5.73 Å². The third-order valence-corrected chi connectivity index (χ3v) is 4.59. The van der Waals surface area contributed by atoms with E-state index in [0.29, 0.717) is 5.41 Å². The summed E-state index contributed by atoms with van der Waals surface area (Å²) in [5.41, 5.74) is 8.01. The van der Waals surface area contributed by atoms with Crippen molar-refractivity contribution in [3.05, 3.63) is 35.9 Å². The lowest BCUT2D eigenvalue weighted by Crippen LogP contribution is -2.44. The Balaban J connectivity index is 2.44. The van der Waals surface area contributed by atoms with Gasteiger partial charge in [-0.15, -0.1) is 0 Å². The number of benzene rings is 1. The van der Waals surface area contributed by atoms with Crippen LogP contribution in [0.2, 0.25) is 0 Å². The molecule has 0 saturated heterocycles. The normalized spacial score (nSPS) is 19.9. The fraction of sp³-hybridized carbons (Fsp3) is 0.600. The van der Waals surface area contributed by atoms with E-state index in [1.807, 2.05) is 0 Å². The minimum Gasteiger partial charge on any atom is -0.330 e. The number of hydrogen-bond acceptors (Lipinski definition) is 1. The van der Waals surface area contributed by atoms with Crippen molar-refractivity contribution < 1.29 is 0 Å². The average molecular weight is 217 g/mol. The number of rotatable bonds is 3. The fourth-order valence-corrected chi connectivity index (χ4v) is 3.29. The summed E-state index contributed by atoms with van der Waals surface area (Å²) in [4.78, 5) is 0. The van der Waals surface area contributed by atoms with Gasteiger partial charge in [-0.2, -0.15) is 0 Å². The first-order valence-corrected chi connectivity index (χ1v) is 6.38. The molecule has 1 nitrogen and oxygen atoms in total. The molecule has 0 unspecified atom stereocenters. The third-order valence-electron chi connectivity index (χ3n) is 4.59. The van der Waals surface area contributed by atoms with Crippen LogP contribution < -0.4 is 5.73 Å². The van der Waals surface area contributed by atoms with Crippen molar-refractivity contribution in [3.63, 3.8) is 0 Å². The van der Waals surface area contributed by atoms with E-state index in [1.54, 1.807) is 0 Å². The Morgan fingerprint density at radius 3 is 2.19 bits per heavy atom. The van der Waals surface area contributed by atoms with Gasteiger partial charge in [-0.25, -0.2) is 0 Å². The summed E-state index contributed by atoms with van der Waals surface area (Å²) in [7, 11) is 0. The molecule has 1 aromatic carbocycles. The lowest BCUT2D eigenvalue weighted by Gasteiger charge is -2.44. The van der Waals surface area contributed by atoms with Crippen LogP contribution in [-0.2, 0) is 5.41 Å². The van der Waals surface area contributed by atoms with Crippen LogP contribution in [0.25, 0.3) is 0 Å². The largest absolute Gasteiger partial charge is 0.330 e. The van der Waals surface area contributed by atoms with Crippen LogP contribution in [0.1, 0.15) is 45.1 Å². The van der Waals surface area contributed by atoms with Gasteiger partial charge in [0, 0.05) is 5.41 Å². The Hall–Kier alpha value is -0.820. The maximum atomic E-state index is 6.01. The molecule has 0 spiro atoms. The average Bonchev–Trinajstić information content (AvgIpc) is 2.81. The van der Waals surface area contributed by atoms with Crippen LogP contribution in [0.5, 0.6) is 0 Å². The second-order valence-corrected chi connectivity index (χ2v) is 5.74. The lowest BCUT2D eigenvalue weighted by molar-refractivity contribution is 0.172. The van der Waals surface area contributed by atoms with Crippen molar-refractivity contribution in [1.29, 1.82) is 0 Å². The molecule has 0 heterocycles. The summed E-state index contributed by atoms with van der Waals surface area (Å²) in [5.74, 6) is 0. The van der Waals surface area contributed by atoms with Crippen molar-refractivity contribution in [3.8, 4) is 0 Å². The molecule has 1 aliphatic rings. The maximum Gasteiger partial charge on any atom is 0.00161 e. The zero-order chi connectivity index (χ0) is 11.6. The fourth-order valence-electron chi connectivity index (χ4n) is 3.29. The predicted octanol–water partition coefficient (Wildman–Crippen LogP) is 3.48. The highest BCUT2D eigenvalue weighted by molar-refractivity contribution is 5.29. The van der Waals surface area contributed by atoms with Crippen molar-refractivity contribution in [2.75, 3.05) is 6.54 Å². The second kappa shape index (κ2) is 4.21. The van der Waals surface area contributed by atoms with E-state index in [-0.39, 0.29) is 5.41 Å². The van der Waals surface area contributed by atoms with Crippen molar-refractivity contribution in [2.45, 2.75) is 44.9 Å². The molecule has 1 fully saturated rings. The van der Waals surface area contributed by atoms with E-state index in [0.717, 1.165) is 6.54 Å². The molecule has 1 aromatic rings. The van der Waals surface area contributed by atoms with Crippen molar-refractivity contribution >= 4 is 0 Å². The van der Waals surface area contributed by atoms with E-state index in [4.69, 9.17) is 5.73 Å². The molecule has 0 radical (unpaired) electrons. The number of nitrogens with two attached hydrogens (primary N) is 1. The second-order valence-electron chi connectivity index (χ2n) is 5.74. The first kappa shape index (κ1) is 11.7. The third kappa shape index (κ3) is 1.67. The molecule has 16 heavy (non-hydrogen) atoms. The molecule has 88 valence electrons. The first-order valence-electron chi connectivity index (χ1n) is 6.38. The molecule has 0 atom stereocenters. The van der Waals surface area contributed by atoms with Gasteiger partial charge in [-0.1, -0.05) is 57.0 Å². The molecular weight excluding hydrogens is 194 g/mol. The Bertz CT molecular complexity index is 334. The molecule has 1 aliphatic carbocycles. The molecule has 1 saturated carbocycles. The number of hydrogen-bond donors (Lipinski definition) is 1. The van der Waals surface area contributed by atoms with Crippen LogP contribution >= 0.6 is 0 Å². The minimum absolute atomic E-state index is 0.199. The summed E-state index contributed by atoms with van der Waals surface area (Å²) < 4.78 is 0. The first-order chi connectivity index (χ1) is 7.62. The van der Waals surface area contributed by atoms with Gasteiger partial charge in [-0.3, -0.25) is 0 Å². The van der Waals surface area contributed by atoms with Crippen LogP contribution in [0.15, 0.2) is 30.3 Å². The van der Waals surface area contributed by atoms with Gasteiger partial charge in [0.15, 0.2) is 0 Å². The Morgan fingerprint density at radius 2 is 1.69 bits per heavy atom. The smallest absolute Gasteiger partial charge is 0.00161 e. The van der Waals surface area contributed by atoms with Crippen LogP contribution in [0, 0.1) is 5.41 Å². The van der Waals surface area contributed by atoms with Gasteiger partial charge in [0.1, 0.15) is 0 Å². The predicted molar refractivity (Wildman–Crippen MR) is 69.4 cm³/mol. The van der Waals surface area contributed by atoms with Gasteiger partial charge in [0.05, 0.1) is 0 Å². The Morgan fingerprint density at radius 1 is 1.12 bits per heavy atom. The summed E-state index contributed by atoms with van der Waals surface area (Å²) in [6, 6.07) is 11.0. The lowest BCUT2D eigenvalue weighted by atomic mass is 9.60. The van der Waals surface area contributed by atoms with E-state index in [2.05, 4.69) is 44.2 Å². The van der Waals surface area contributed by atoms with Crippen molar-refractivity contribution in [2.24, 2.45) is 11.1 Å². The van der Waals surface area contributed by atoms with Crippen molar-refractivity contribution in [1.82, 2.24) is 0 Å². The maximum absolute atomic E-state index is 6.01. The Kier molecular flexibility index (Phi) is 3.07. The van der Waals surface area contributed by atoms with Crippen LogP contribution in [-0.4, -0.2) is 6.54 Å². The monoisotopic (exact) mass is 217 g/mol. The molecule has 0 aliphatic heterocycles. The SMILES string of the molecule is CC(C)(CN)C1(c2ccccc2)CCCC1. The molecular formula is C15H23N. The highest BCUT2D eigenvalue weighted by Gasteiger charge is 2.46. The molecule has 1 heteroatoms. The van der Waals surface area contributed by atoms with Crippen LogP contribution in [0.4, 0.5) is 0 Å². The standard InChI is InChI=1S/C15H23N/c1-14(2,12-16)15(10-6-7-11-15)13-8-4-3-5-9-13/h3-5,8-9H,6-7,10-12,16H2,1-2H3. The molecule has 0 aromatic heterocycles. The molecule has 0 bridgehead atoms. The van der Waals surface area contributed by atoms with E-state index in [9.17, 15) is 0 Å². The zero-order valence-corrected chi connectivity index (χ0v) is 10.5.